The summed E-state index contributed by atoms with van der Waals surface area (Å²) in [6.45, 7) is 3.51. The van der Waals surface area contributed by atoms with Gasteiger partial charge in [-0.1, -0.05) is 23.7 Å². The van der Waals surface area contributed by atoms with Crippen LogP contribution in [0, 0.1) is 11.3 Å². The maximum absolute atomic E-state index is 12.4. The van der Waals surface area contributed by atoms with Crippen molar-refractivity contribution in [1.29, 1.82) is 5.26 Å². The van der Waals surface area contributed by atoms with Crippen LogP contribution in [0.2, 0.25) is 5.15 Å². The van der Waals surface area contributed by atoms with E-state index >= 15 is 0 Å². The van der Waals surface area contributed by atoms with Gasteiger partial charge >= 0.3 is 0 Å². The number of pyridine rings is 1. The number of aromatic nitrogens is 1. The number of rotatable bonds is 5. The van der Waals surface area contributed by atoms with Gasteiger partial charge in [0, 0.05) is 32.6 Å². The number of hydrogen-bond acceptors (Lipinski definition) is 5. The molecule has 0 saturated carbocycles. The van der Waals surface area contributed by atoms with Gasteiger partial charge in [0.2, 0.25) is 5.91 Å². The molecular formula is C21H22BrClN4O2. The first-order valence-corrected chi connectivity index (χ1v) is 10.4. The summed E-state index contributed by atoms with van der Waals surface area (Å²) in [5.41, 5.74) is 1.99. The second-order valence-electron chi connectivity index (χ2n) is 6.95. The monoisotopic (exact) mass is 476 g/mol. The highest BCUT2D eigenvalue weighted by Gasteiger charge is 2.39. The number of halogens is 2. The minimum atomic E-state index is -0.282. The summed E-state index contributed by atoms with van der Waals surface area (Å²) in [6.07, 6.45) is 0.294. The molecule has 8 heteroatoms. The molecule has 1 saturated heterocycles. The van der Waals surface area contributed by atoms with Gasteiger partial charge < -0.3 is 9.64 Å². The molecule has 2 atom stereocenters. The van der Waals surface area contributed by atoms with E-state index in [1.165, 1.54) is 0 Å². The molecule has 0 unspecified atom stereocenters. The number of carbonyl (C=O) groups is 1. The Kier molecular flexibility index (Phi) is 7.12. The van der Waals surface area contributed by atoms with Gasteiger partial charge in [0.1, 0.15) is 15.5 Å². The van der Waals surface area contributed by atoms with Crippen LogP contribution in [0.25, 0.3) is 0 Å². The van der Waals surface area contributed by atoms with Gasteiger partial charge in [0.05, 0.1) is 25.6 Å². The minimum Gasteiger partial charge on any atom is -0.497 e. The molecule has 0 N–H and O–H groups in total. The average molecular weight is 478 g/mol. The first kappa shape index (κ1) is 21.6. The van der Waals surface area contributed by atoms with Crippen LogP contribution in [-0.4, -0.2) is 46.9 Å². The second kappa shape index (κ2) is 9.57. The molecule has 0 bridgehead atoms. The first-order chi connectivity index (χ1) is 13.9. The number of ether oxygens (including phenoxy) is 1. The van der Waals surface area contributed by atoms with Crippen molar-refractivity contribution in [2.75, 3.05) is 20.2 Å². The van der Waals surface area contributed by atoms with E-state index in [1.54, 1.807) is 20.1 Å². The van der Waals surface area contributed by atoms with Gasteiger partial charge in [0.25, 0.3) is 0 Å². The Bertz CT molecular complexity index is 896. The predicted molar refractivity (Wildman–Crippen MR) is 114 cm³/mol. The molecule has 152 valence electrons. The molecule has 1 aliphatic rings. The molecule has 0 radical (unpaired) electrons. The molecule has 3 rings (SSSR count). The predicted octanol–water partition coefficient (Wildman–Crippen LogP) is 4.19. The lowest BCUT2D eigenvalue weighted by atomic mass is 9.92. The van der Waals surface area contributed by atoms with Crippen LogP contribution in [-0.2, 0) is 11.3 Å². The van der Waals surface area contributed by atoms with E-state index in [1.807, 2.05) is 35.2 Å². The topological polar surface area (TPSA) is 69.5 Å². The van der Waals surface area contributed by atoms with Crippen molar-refractivity contribution >= 4 is 33.4 Å². The van der Waals surface area contributed by atoms with Crippen molar-refractivity contribution < 1.29 is 9.53 Å². The lowest BCUT2D eigenvalue weighted by molar-refractivity contribution is -0.136. The molecule has 0 spiro atoms. The highest BCUT2D eigenvalue weighted by Crippen LogP contribution is 2.35. The van der Waals surface area contributed by atoms with Gasteiger partial charge in [-0.25, -0.2) is 4.98 Å². The van der Waals surface area contributed by atoms with E-state index in [-0.39, 0.29) is 18.0 Å². The second-order valence-corrected chi connectivity index (χ2v) is 8.15. The molecule has 2 aromatic rings. The first-order valence-electron chi connectivity index (χ1n) is 9.27. The maximum Gasteiger partial charge on any atom is 0.220 e. The summed E-state index contributed by atoms with van der Waals surface area (Å²) in [5.74, 6) is 0.781. The third kappa shape index (κ3) is 5.08. The van der Waals surface area contributed by atoms with Gasteiger partial charge in [-0.3, -0.25) is 9.69 Å². The Labute approximate surface area is 184 Å². The van der Waals surface area contributed by atoms with E-state index in [2.05, 4.69) is 31.9 Å². The van der Waals surface area contributed by atoms with E-state index in [0.29, 0.717) is 35.8 Å². The molecule has 1 aromatic carbocycles. The van der Waals surface area contributed by atoms with Crippen LogP contribution < -0.4 is 4.74 Å². The van der Waals surface area contributed by atoms with E-state index < -0.39 is 0 Å². The Morgan fingerprint density at radius 3 is 2.66 bits per heavy atom. The number of nitrogens with zero attached hydrogens (tertiary/aromatic N) is 4. The van der Waals surface area contributed by atoms with E-state index in [4.69, 9.17) is 16.3 Å². The standard InChI is InChI=1S/C21H22BrClN4O2/c1-14(28)27-10-9-26(13-15-3-5-17(29-2)6-4-15)18(7-8-24)21(27)16-11-19(22)25-20(23)12-16/h3-6,11-12,18,21H,7,9-10,13H2,1-2H3/t18-,21-/m0/s1. The number of carbonyl (C=O) groups excluding carboxylic acids is 1. The van der Waals surface area contributed by atoms with Crippen molar-refractivity contribution in [2.45, 2.75) is 32.0 Å². The molecular weight excluding hydrogens is 456 g/mol. The molecule has 1 aliphatic heterocycles. The number of hydrogen-bond donors (Lipinski definition) is 0. The molecule has 29 heavy (non-hydrogen) atoms. The molecule has 1 aromatic heterocycles. The SMILES string of the molecule is COc1ccc(CN2CCN(C(C)=O)[C@@H](c3cc(Cl)nc(Br)c3)[C@@H]2CC#N)cc1. The summed E-state index contributed by atoms with van der Waals surface area (Å²) in [7, 11) is 1.64. The number of methoxy groups -OCH3 is 1. The van der Waals surface area contributed by atoms with Gasteiger partial charge in [-0.05, 0) is 51.3 Å². The molecule has 1 fully saturated rings. The summed E-state index contributed by atoms with van der Waals surface area (Å²) in [4.78, 5) is 20.6. The van der Waals surface area contributed by atoms with Crippen LogP contribution in [0.1, 0.15) is 30.5 Å². The third-order valence-electron chi connectivity index (χ3n) is 5.17. The quantitative estimate of drug-likeness (QED) is 0.604. The van der Waals surface area contributed by atoms with Crippen molar-refractivity contribution in [1.82, 2.24) is 14.8 Å². The normalized spacial score (nSPS) is 19.6. The summed E-state index contributed by atoms with van der Waals surface area (Å²) < 4.78 is 5.84. The number of amides is 1. The minimum absolute atomic E-state index is 0.0221. The van der Waals surface area contributed by atoms with E-state index in [9.17, 15) is 10.1 Å². The number of benzene rings is 1. The molecule has 2 heterocycles. The van der Waals surface area contributed by atoms with Crippen molar-refractivity contribution in [3.63, 3.8) is 0 Å². The Morgan fingerprint density at radius 1 is 1.34 bits per heavy atom. The Morgan fingerprint density at radius 2 is 2.07 bits per heavy atom. The maximum atomic E-state index is 12.4. The summed E-state index contributed by atoms with van der Waals surface area (Å²) >= 11 is 9.57. The molecule has 6 nitrogen and oxygen atoms in total. The Hall–Kier alpha value is -2.14. The highest BCUT2D eigenvalue weighted by molar-refractivity contribution is 9.10. The smallest absolute Gasteiger partial charge is 0.220 e. The van der Waals surface area contributed by atoms with Crippen LogP contribution >= 0.6 is 27.5 Å². The average Bonchev–Trinajstić information content (AvgIpc) is 2.68. The van der Waals surface area contributed by atoms with Gasteiger partial charge in [0.15, 0.2) is 0 Å². The van der Waals surface area contributed by atoms with E-state index in [0.717, 1.165) is 16.9 Å². The lowest BCUT2D eigenvalue weighted by Crippen LogP contribution is -2.55. The van der Waals surface area contributed by atoms with Gasteiger partial charge in [-0.15, -0.1) is 0 Å². The Balaban J connectivity index is 1.96. The summed E-state index contributed by atoms with van der Waals surface area (Å²) in [5, 5.41) is 9.87. The lowest BCUT2D eigenvalue weighted by Gasteiger charge is -2.47. The zero-order valence-electron chi connectivity index (χ0n) is 16.3. The number of piperazine rings is 1. The zero-order valence-corrected chi connectivity index (χ0v) is 18.7. The number of nitriles is 1. The van der Waals surface area contributed by atoms with Crippen LogP contribution in [0.3, 0.4) is 0 Å². The van der Waals surface area contributed by atoms with Crippen LogP contribution in [0.5, 0.6) is 5.75 Å². The zero-order chi connectivity index (χ0) is 21.0. The van der Waals surface area contributed by atoms with Crippen molar-refractivity contribution in [2.24, 2.45) is 0 Å². The molecule has 0 aliphatic carbocycles. The van der Waals surface area contributed by atoms with Gasteiger partial charge in [-0.2, -0.15) is 5.26 Å². The van der Waals surface area contributed by atoms with Crippen molar-refractivity contribution in [3.05, 3.63) is 57.3 Å². The summed E-state index contributed by atoms with van der Waals surface area (Å²) in [6, 6.07) is 13.4. The molecule has 1 amide bonds. The van der Waals surface area contributed by atoms with Crippen LogP contribution in [0.15, 0.2) is 41.0 Å². The largest absolute Gasteiger partial charge is 0.497 e. The van der Waals surface area contributed by atoms with Crippen molar-refractivity contribution in [3.8, 4) is 11.8 Å². The van der Waals surface area contributed by atoms with Crippen LogP contribution in [0.4, 0.5) is 0 Å². The fourth-order valence-electron chi connectivity index (χ4n) is 3.85. The fourth-order valence-corrected chi connectivity index (χ4v) is 4.63. The highest BCUT2D eigenvalue weighted by atomic mass is 79.9. The fraction of sp³-hybridized carbons (Fsp3) is 0.381. The third-order valence-corrected chi connectivity index (χ3v) is 5.77.